The minimum absolute atomic E-state index is 0.0385. The maximum absolute atomic E-state index is 14.8. The molecule has 160 valence electrons. The van der Waals surface area contributed by atoms with Gasteiger partial charge in [-0.2, -0.15) is 10.4 Å². The van der Waals surface area contributed by atoms with Crippen LogP contribution >= 0.6 is 0 Å². The number of nitrogens with two attached hydrogens (primary N) is 2. The van der Waals surface area contributed by atoms with E-state index >= 15 is 0 Å². The number of nitriles is 1. The maximum Gasteiger partial charge on any atom is 0.239 e. The van der Waals surface area contributed by atoms with Crippen molar-refractivity contribution in [2.75, 3.05) is 5.73 Å². The first kappa shape index (κ1) is 20.6. The Hall–Kier alpha value is -4.66. The molecule has 0 aliphatic heterocycles. The third kappa shape index (κ3) is 3.99. The minimum Gasteiger partial charge on any atom is -0.381 e. The molecule has 0 fully saturated rings. The van der Waals surface area contributed by atoms with E-state index in [9.17, 15) is 14.4 Å². The first-order chi connectivity index (χ1) is 15.4. The molecule has 1 aromatic carbocycles. The topological polar surface area (TPSA) is 167 Å². The molecule has 0 saturated carbocycles. The summed E-state index contributed by atoms with van der Waals surface area (Å²) >= 11 is 0. The molecule has 3 aromatic heterocycles. The lowest BCUT2D eigenvalue weighted by Crippen LogP contribution is -2.19. The Morgan fingerprint density at radius 3 is 2.81 bits per heavy atom. The van der Waals surface area contributed by atoms with Crippen molar-refractivity contribution in [1.29, 1.82) is 5.26 Å². The molecule has 4 aromatic rings. The van der Waals surface area contributed by atoms with Gasteiger partial charge in [0.15, 0.2) is 17.5 Å². The smallest absolute Gasteiger partial charge is 0.239 e. The highest BCUT2D eigenvalue weighted by atomic mass is 19.1. The molecule has 0 unspecified atom stereocenters. The number of hydrogen-bond acceptors (Lipinski definition) is 8. The minimum atomic E-state index is -0.819. The number of nitrogen functional groups attached to an aromatic ring is 1. The van der Waals surface area contributed by atoms with Crippen molar-refractivity contribution in [1.82, 2.24) is 34.7 Å². The summed E-state index contributed by atoms with van der Waals surface area (Å²) in [5.41, 5.74) is 13.3. The van der Waals surface area contributed by atoms with E-state index in [2.05, 4.69) is 31.4 Å². The molecule has 12 heteroatoms. The molecule has 0 aliphatic carbocycles. The predicted molar refractivity (Wildman–Crippen MR) is 111 cm³/mol. The van der Waals surface area contributed by atoms with Crippen molar-refractivity contribution < 1.29 is 9.18 Å². The van der Waals surface area contributed by atoms with Crippen molar-refractivity contribution in [3.8, 4) is 28.8 Å². The molecule has 4 rings (SSSR count). The lowest BCUT2D eigenvalue weighted by Gasteiger charge is -2.09. The van der Waals surface area contributed by atoms with E-state index in [1.165, 1.54) is 15.6 Å². The molecule has 1 amide bonds. The van der Waals surface area contributed by atoms with E-state index < -0.39 is 11.7 Å². The number of rotatable bonds is 6. The molecule has 0 atom stereocenters. The highest BCUT2D eigenvalue weighted by molar-refractivity contribution is 5.73. The third-order valence-corrected chi connectivity index (χ3v) is 4.69. The second-order valence-electron chi connectivity index (χ2n) is 6.96. The number of anilines is 1. The van der Waals surface area contributed by atoms with Crippen LogP contribution in [0.2, 0.25) is 0 Å². The molecule has 0 spiro atoms. The molecule has 32 heavy (non-hydrogen) atoms. The zero-order valence-corrected chi connectivity index (χ0v) is 16.9. The third-order valence-electron chi connectivity index (χ3n) is 4.69. The molecule has 3 heterocycles. The average Bonchev–Trinajstić information content (AvgIpc) is 3.39. The van der Waals surface area contributed by atoms with Gasteiger partial charge in [0, 0.05) is 11.8 Å². The van der Waals surface area contributed by atoms with Gasteiger partial charge in [-0.05, 0) is 24.6 Å². The van der Waals surface area contributed by atoms with Crippen molar-refractivity contribution in [2.45, 2.75) is 20.0 Å². The van der Waals surface area contributed by atoms with Crippen LogP contribution in [-0.2, 0) is 17.9 Å². The Labute approximate surface area is 181 Å². The van der Waals surface area contributed by atoms with Crippen LogP contribution in [0.25, 0.3) is 22.8 Å². The van der Waals surface area contributed by atoms with Crippen LogP contribution < -0.4 is 11.5 Å². The van der Waals surface area contributed by atoms with Crippen LogP contribution in [0.1, 0.15) is 16.8 Å². The molecule has 0 bridgehead atoms. The van der Waals surface area contributed by atoms with Gasteiger partial charge >= 0.3 is 0 Å². The van der Waals surface area contributed by atoms with Crippen molar-refractivity contribution in [3.63, 3.8) is 0 Å². The normalized spacial score (nSPS) is 10.8. The number of nitrogens with zero attached hydrogens (tertiary/aromatic N) is 8. The summed E-state index contributed by atoms with van der Waals surface area (Å²) in [6.45, 7) is 1.95. The zero-order chi connectivity index (χ0) is 22.8. The van der Waals surface area contributed by atoms with Crippen LogP contribution in [-0.4, -0.2) is 40.6 Å². The summed E-state index contributed by atoms with van der Waals surface area (Å²) in [4.78, 5) is 19.4. The second-order valence-corrected chi connectivity index (χ2v) is 6.96. The van der Waals surface area contributed by atoms with Crippen LogP contribution in [0.5, 0.6) is 0 Å². The van der Waals surface area contributed by atoms with E-state index in [0.29, 0.717) is 22.4 Å². The standard InChI is InChI=1S/C20H17FN10O/c1-11-12(7-22)3-2-4-14(11)20-25-18(17(21)19(24)26-20)15-9-31(29-27-15)8-13-5-6-30(28-13)10-16(23)32/h2-6,9H,8,10H2,1H3,(H2,23,32)(H2,24,25,26). The molecule has 0 aliphatic rings. The Morgan fingerprint density at radius 1 is 1.25 bits per heavy atom. The SMILES string of the molecule is Cc1c(C#N)cccc1-c1nc(N)c(F)c(-c2cn(Cc3ccn(CC(N)=O)n3)nn2)n1. The van der Waals surface area contributed by atoms with E-state index in [1.54, 1.807) is 37.4 Å². The Morgan fingerprint density at radius 2 is 2.06 bits per heavy atom. The highest BCUT2D eigenvalue weighted by Crippen LogP contribution is 2.28. The lowest BCUT2D eigenvalue weighted by molar-refractivity contribution is -0.118. The number of halogens is 1. The number of carbonyl (C=O) groups is 1. The van der Waals surface area contributed by atoms with Gasteiger partial charge in [0.2, 0.25) is 5.91 Å². The lowest BCUT2D eigenvalue weighted by atomic mass is 10.0. The van der Waals surface area contributed by atoms with Gasteiger partial charge in [-0.25, -0.2) is 19.0 Å². The number of aromatic nitrogens is 7. The number of amides is 1. The van der Waals surface area contributed by atoms with Gasteiger partial charge in [0.1, 0.15) is 17.9 Å². The van der Waals surface area contributed by atoms with Gasteiger partial charge in [0.05, 0.1) is 30.1 Å². The fraction of sp³-hybridized carbons (Fsp3) is 0.150. The summed E-state index contributed by atoms with van der Waals surface area (Å²) < 4.78 is 17.6. The quantitative estimate of drug-likeness (QED) is 0.455. The van der Waals surface area contributed by atoms with Gasteiger partial charge in [-0.3, -0.25) is 9.48 Å². The average molecular weight is 432 g/mol. The van der Waals surface area contributed by atoms with E-state index in [1.807, 2.05) is 0 Å². The zero-order valence-electron chi connectivity index (χ0n) is 16.9. The molecule has 4 N–H and O–H groups in total. The first-order valence-electron chi connectivity index (χ1n) is 9.40. The number of benzene rings is 1. The fourth-order valence-electron chi connectivity index (χ4n) is 3.14. The Balaban J connectivity index is 1.66. The summed E-state index contributed by atoms with van der Waals surface area (Å²) in [6, 6.07) is 8.89. The summed E-state index contributed by atoms with van der Waals surface area (Å²) in [7, 11) is 0. The molecular formula is C20H17FN10O. The van der Waals surface area contributed by atoms with Crippen LogP contribution in [0.4, 0.5) is 10.2 Å². The van der Waals surface area contributed by atoms with Crippen molar-refractivity contribution in [3.05, 3.63) is 59.3 Å². The highest BCUT2D eigenvalue weighted by Gasteiger charge is 2.19. The number of carbonyl (C=O) groups excluding carboxylic acids is 1. The van der Waals surface area contributed by atoms with Gasteiger partial charge in [-0.1, -0.05) is 17.3 Å². The molecule has 0 saturated heterocycles. The second kappa shape index (κ2) is 8.23. The van der Waals surface area contributed by atoms with E-state index in [0.717, 1.165) is 0 Å². The van der Waals surface area contributed by atoms with Crippen LogP contribution in [0, 0.1) is 24.1 Å². The van der Waals surface area contributed by atoms with Crippen LogP contribution in [0.15, 0.2) is 36.7 Å². The van der Waals surface area contributed by atoms with Crippen LogP contribution in [0.3, 0.4) is 0 Å². The largest absolute Gasteiger partial charge is 0.381 e. The monoisotopic (exact) mass is 432 g/mol. The molecular weight excluding hydrogens is 415 g/mol. The van der Waals surface area contributed by atoms with Gasteiger partial charge < -0.3 is 11.5 Å². The maximum atomic E-state index is 14.8. The number of hydrogen-bond donors (Lipinski definition) is 2. The Kier molecular flexibility index (Phi) is 5.30. The van der Waals surface area contributed by atoms with Gasteiger partial charge in [0.25, 0.3) is 0 Å². The van der Waals surface area contributed by atoms with E-state index in [-0.39, 0.29) is 36.1 Å². The Bertz CT molecular complexity index is 1370. The summed E-state index contributed by atoms with van der Waals surface area (Å²) in [5, 5.41) is 21.5. The van der Waals surface area contributed by atoms with E-state index in [4.69, 9.17) is 11.5 Å². The fourth-order valence-corrected chi connectivity index (χ4v) is 3.14. The summed E-state index contributed by atoms with van der Waals surface area (Å²) in [5.74, 6) is -1.49. The first-order valence-corrected chi connectivity index (χ1v) is 9.40. The van der Waals surface area contributed by atoms with Crippen molar-refractivity contribution in [2.24, 2.45) is 5.73 Å². The predicted octanol–water partition coefficient (Wildman–Crippen LogP) is 1.03. The molecule has 11 nitrogen and oxygen atoms in total. The van der Waals surface area contributed by atoms with Crippen molar-refractivity contribution >= 4 is 11.7 Å². The number of primary amides is 1. The summed E-state index contributed by atoms with van der Waals surface area (Å²) in [6.07, 6.45) is 3.12. The van der Waals surface area contributed by atoms with Gasteiger partial charge in [-0.15, -0.1) is 5.10 Å². The molecule has 0 radical (unpaired) electrons.